The molecule has 0 bridgehead atoms. The lowest BCUT2D eigenvalue weighted by atomic mass is 10.1. The van der Waals surface area contributed by atoms with E-state index >= 15 is 0 Å². The number of likely N-dealkylation sites (N-methyl/N-ethyl adjacent to an activating group) is 1. The number of aromatic nitrogens is 4. The van der Waals surface area contributed by atoms with Gasteiger partial charge in [-0.15, -0.1) is 0 Å². The van der Waals surface area contributed by atoms with Gasteiger partial charge in [0.25, 0.3) is 11.5 Å². The van der Waals surface area contributed by atoms with Gasteiger partial charge in [-0.2, -0.15) is 5.10 Å². The van der Waals surface area contributed by atoms with Gasteiger partial charge >= 0.3 is 0 Å². The minimum absolute atomic E-state index is 0.121. The number of carbonyl (C=O) groups excluding carboxylic acids is 1. The predicted octanol–water partition coefficient (Wildman–Crippen LogP) is 4.06. The molecule has 1 aromatic carbocycles. The van der Waals surface area contributed by atoms with Crippen LogP contribution in [0.5, 0.6) is 5.75 Å². The fourth-order valence-electron chi connectivity index (χ4n) is 3.92. The van der Waals surface area contributed by atoms with Crippen molar-refractivity contribution >= 4 is 23.2 Å². The Hall–Kier alpha value is -3.65. The molecule has 1 amide bonds. The fraction of sp³-hybridized carbons (Fsp3) is 0.280. The lowest BCUT2D eigenvalue weighted by Gasteiger charge is -2.19. The van der Waals surface area contributed by atoms with Crippen LogP contribution in [0, 0.1) is 13.8 Å². The van der Waals surface area contributed by atoms with E-state index in [0.29, 0.717) is 46.5 Å². The van der Waals surface area contributed by atoms with Crippen LogP contribution in [0.4, 0.5) is 0 Å². The van der Waals surface area contributed by atoms with E-state index < -0.39 is 0 Å². The van der Waals surface area contributed by atoms with Crippen LogP contribution < -0.4 is 10.3 Å². The zero-order chi connectivity index (χ0) is 24.4. The van der Waals surface area contributed by atoms with Crippen LogP contribution in [0.1, 0.15) is 25.2 Å². The van der Waals surface area contributed by atoms with Crippen LogP contribution >= 0.6 is 11.6 Å². The van der Waals surface area contributed by atoms with Crippen molar-refractivity contribution in [1.82, 2.24) is 24.1 Å². The normalized spacial score (nSPS) is 11.1. The monoisotopic (exact) mass is 479 g/mol. The Morgan fingerprint density at radius 2 is 1.88 bits per heavy atom. The van der Waals surface area contributed by atoms with E-state index in [1.165, 1.54) is 4.40 Å². The average Bonchev–Trinajstić information content (AvgIpc) is 3.19. The van der Waals surface area contributed by atoms with Crippen LogP contribution in [-0.4, -0.2) is 49.7 Å². The molecule has 8 nitrogen and oxygen atoms in total. The fourth-order valence-corrected chi connectivity index (χ4v) is 4.11. The van der Waals surface area contributed by atoms with Gasteiger partial charge in [0, 0.05) is 30.0 Å². The van der Waals surface area contributed by atoms with Gasteiger partial charge in [0.05, 0.1) is 16.9 Å². The third-order valence-corrected chi connectivity index (χ3v) is 5.90. The molecule has 3 aromatic heterocycles. The summed E-state index contributed by atoms with van der Waals surface area (Å²) in [5.41, 5.74) is 3.19. The number of hydrogen-bond acceptors (Lipinski definition) is 5. The summed E-state index contributed by atoms with van der Waals surface area (Å²) < 4.78 is 8.94. The number of carbonyl (C=O) groups is 1. The number of amides is 1. The quantitative estimate of drug-likeness (QED) is 0.399. The molecule has 0 fully saturated rings. The summed E-state index contributed by atoms with van der Waals surface area (Å²) in [5, 5.41) is 5.26. The number of aryl methyl sites for hydroxylation is 2. The molecule has 0 spiro atoms. The van der Waals surface area contributed by atoms with E-state index in [9.17, 15) is 9.59 Å². The molecule has 0 aliphatic carbocycles. The molecule has 4 rings (SSSR count). The van der Waals surface area contributed by atoms with Gasteiger partial charge in [0.2, 0.25) is 0 Å². The molecular weight excluding hydrogens is 454 g/mol. The van der Waals surface area contributed by atoms with Crippen LogP contribution in [0.3, 0.4) is 0 Å². The Morgan fingerprint density at radius 1 is 1.12 bits per heavy atom. The molecule has 0 saturated heterocycles. The van der Waals surface area contributed by atoms with Gasteiger partial charge in [-0.1, -0.05) is 17.7 Å². The van der Waals surface area contributed by atoms with Crippen molar-refractivity contribution in [3.8, 4) is 22.7 Å². The standard InChI is InChI=1S/C25H26ClN5O3/c1-5-29(6-2)22(32)15-34-21-11-8-12-30-24(21)27-17(4)23(25(30)33)20-13-16(3)31(28-20)19-10-7-9-18(26)14-19/h7-14H,5-6,15H2,1-4H3. The van der Waals surface area contributed by atoms with Crippen molar-refractivity contribution < 1.29 is 9.53 Å². The Balaban J connectivity index is 1.74. The van der Waals surface area contributed by atoms with Gasteiger partial charge in [-0.25, -0.2) is 9.67 Å². The van der Waals surface area contributed by atoms with Crippen molar-refractivity contribution in [2.24, 2.45) is 0 Å². The molecule has 3 heterocycles. The highest BCUT2D eigenvalue weighted by Crippen LogP contribution is 2.24. The maximum absolute atomic E-state index is 13.5. The Bertz CT molecular complexity index is 1420. The molecule has 0 N–H and O–H groups in total. The smallest absolute Gasteiger partial charge is 0.267 e. The molecule has 0 radical (unpaired) electrons. The SMILES string of the molecule is CCN(CC)C(=O)COc1cccn2c(=O)c(-c3cc(C)n(-c4cccc(Cl)c4)n3)c(C)nc12. The van der Waals surface area contributed by atoms with Crippen LogP contribution in [0.2, 0.25) is 5.02 Å². The molecule has 0 unspecified atom stereocenters. The first-order valence-electron chi connectivity index (χ1n) is 11.1. The second-order valence-corrected chi connectivity index (χ2v) is 8.30. The summed E-state index contributed by atoms with van der Waals surface area (Å²) in [7, 11) is 0. The number of pyridine rings is 1. The number of nitrogens with zero attached hydrogens (tertiary/aromatic N) is 5. The first-order chi connectivity index (χ1) is 16.3. The first-order valence-corrected chi connectivity index (χ1v) is 11.5. The number of benzene rings is 1. The molecule has 34 heavy (non-hydrogen) atoms. The van der Waals surface area contributed by atoms with Gasteiger partial charge < -0.3 is 9.64 Å². The van der Waals surface area contributed by atoms with E-state index in [4.69, 9.17) is 16.3 Å². The molecule has 0 atom stereocenters. The average molecular weight is 480 g/mol. The number of halogens is 1. The van der Waals surface area contributed by atoms with Gasteiger partial charge in [0.1, 0.15) is 5.69 Å². The van der Waals surface area contributed by atoms with Crippen LogP contribution in [0.25, 0.3) is 22.6 Å². The molecule has 4 aromatic rings. The number of hydrogen-bond donors (Lipinski definition) is 0. The maximum atomic E-state index is 13.5. The number of rotatable bonds is 7. The molecular formula is C25H26ClN5O3. The van der Waals surface area contributed by atoms with Crippen LogP contribution in [-0.2, 0) is 4.79 Å². The third kappa shape index (κ3) is 4.41. The summed E-state index contributed by atoms with van der Waals surface area (Å²) >= 11 is 6.14. The van der Waals surface area contributed by atoms with Crippen LogP contribution in [0.15, 0.2) is 53.5 Å². The minimum Gasteiger partial charge on any atom is -0.480 e. The predicted molar refractivity (Wildman–Crippen MR) is 132 cm³/mol. The second kappa shape index (κ2) is 9.69. The molecule has 9 heteroatoms. The summed E-state index contributed by atoms with van der Waals surface area (Å²) in [6, 6.07) is 12.6. The number of ether oxygens (including phenoxy) is 1. The van der Waals surface area contributed by atoms with Crippen molar-refractivity contribution in [2.75, 3.05) is 19.7 Å². The first kappa shape index (κ1) is 23.5. The second-order valence-electron chi connectivity index (χ2n) is 7.86. The summed E-state index contributed by atoms with van der Waals surface area (Å²) in [6.07, 6.45) is 1.63. The largest absolute Gasteiger partial charge is 0.480 e. The minimum atomic E-state index is -0.265. The van der Waals surface area contributed by atoms with E-state index in [-0.39, 0.29) is 18.1 Å². The van der Waals surface area contributed by atoms with E-state index in [2.05, 4.69) is 10.1 Å². The third-order valence-electron chi connectivity index (χ3n) is 5.66. The van der Waals surface area contributed by atoms with E-state index in [0.717, 1.165) is 11.4 Å². The summed E-state index contributed by atoms with van der Waals surface area (Å²) in [5.74, 6) is 0.250. The van der Waals surface area contributed by atoms with Crippen molar-refractivity contribution in [3.05, 3.63) is 75.4 Å². The maximum Gasteiger partial charge on any atom is 0.267 e. The Morgan fingerprint density at radius 3 is 2.59 bits per heavy atom. The molecule has 0 aliphatic heterocycles. The highest BCUT2D eigenvalue weighted by Gasteiger charge is 2.19. The highest BCUT2D eigenvalue weighted by atomic mass is 35.5. The Labute approximate surface area is 202 Å². The van der Waals surface area contributed by atoms with Gasteiger partial charge in [-0.05, 0) is 64.1 Å². The van der Waals surface area contributed by atoms with Crippen molar-refractivity contribution in [1.29, 1.82) is 0 Å². The zero-order valence-electron chi connectivity index (χ0n) is 19.6. The lowest BCUT2D eigenvalue weighted by Crippen LogP contribution is -2.34. The zero-order valence-corrected chi connectivity index (χ0v) is 20.3. The van der Waals surface area contributed by atoms with Gasteiger partial charge in [0.15, 0.2) is 18.0 Å². The molecule has 0 saturated carbocycles. The molecule has 0 aliphatic rings. The lowest BCUT2D eigenvalue weighted by molar-refractivity contribution is -0.132. The summed E-state index contributed by atoms with van der Waals surface area (Å²) in [4.78, 5) is 32.2. The summed E-state index contributed by atoms with van der Waals surface area (Å²) in [6.45, 7) is 8.61. The number of fused-ring (bicyclic) bond motifs is 1. The van der Waals surface area contributed by atoms with E-state index in [1.54, 1.807) is 40.9 Å². The molecule has 176 valence electrons. The Kier molecular flexibility index (Phi) is 6.70. The highest BCUT2D eigenvalue weighted by molar-refractivity contribution is 6.30. The van der Waals surface area contributed by atoms with Crippen molar-refractivity contribution in [2.45, 2.75) is 27.7 Å². The topological polar surface area (TPSA) is 81.7 Å². The van der Waals surface area contributed by atoms with E-state index in [1.807, 2.05) is 45.0 Å². The van der Waals surface area contributed by atoms with Crippen molar-refractivity contribution in [3.63, 3.8) is 0 Å². The van der Waals surface area contributed by atoms with Gasteiger partial charge in [-0.3, -0.25) is 14.0 Å².